The number of carbonyl (C=O) groups excluding carboxylic acids is 1. The first-order chi connectivity index (χ1) is 9.91. The van der Waals surface area contributed by atoms with Crippen LogP contribution >= 0.6 is 0 Å². The first-order valence-corrected chi connectivity index (χ1v) is 7.10. The van der Waals surface area contributed by atoms with Gasteiger partial charge in [0.15, 0.2) is 5.78 Å². The Morgan fingerprint density at radius 2 is 2.14 bits per heavy atom. The molecular formula is C15H18F3NO2. The Bertz CT molecular complexity index is 502. The van der Waals surface area contributed by atoms with Gasteiger partial charge in [-0.2, -0.15) is 13.2 Å². The van der Waals surface area contributed by atoms with Crippen LogP contribution in [0.5, 0.6) is 5.75 Å². The summed E-state index contributed by atoms with van der Waals surface area (Å²) in [7, 11) is 0. The minimum Gasteiger partial charge on any atom is -0.492 e. The highest BCUT2D eigenvalue weighted by molar-refractivity contribution is 5.97. The summed E-state index contributed by atoms with van der Waals surface area (Å²) in [6, 6.07) is 1.55. The molecule has 0 amide bonds. The molecule has 0 aromatic carbocycles. The van der Waals surface area contributed by atoms with Crippen molar-refractivity contribution >= 4 is 5.78 Å². The zero-order valence-electron chi connectivity index (χ0n) is 11.8. The average Bonchev–Trinajstić information content (AvgIpc) is 2.46. The molecule has 1 saturated carbocycles. The van der Waals surface area contributed by atoms with E-state index in [1.165, 1.54) is 12.4 Å². The Kier molecular flexibility index (Phi) is 4.85. The topological polar surface area (TPSA) is 39.2 Å². The van der Waals surface area contributed by atoms with E-state index in [-0.39, 0.29) is 18.6 Å². The van der Waals surface area contributed by atoms with E-state index < -0.39 is 18.0 Å². The molecule has 6 heteroatoms. The number of halogens is 3. The highest BCUT2D eigenvalue weighted by Crippen LogP contribution is 2.40. The molecule has 0 saturated heterocycles. The highest BCUT2D eigenvalue weighted by Gasteiger charge is 2.43. The maximum Gasteiger partial charge on any atom is 0.391 e. The number of hydrogen-bond acceptors (Lipinski definition) is 3. The van der Waals surface area contributed by atoms with Crippen LogP contribution in [0.25, 0.3) is 0 Å². The second-order valence-electron chi connectivity index (χ2n) is 5.31. The highest BCUT2D eigenvalue weighted by atomic mass is 19.4. The van der Waals surface area contributed by atoms with Gasteiger partial charge in [0.2, 0.25) is 0 Å². The van der Waals surface area contributed by atoms with Gasteiger partial charge in [0, 0.05) is 17.7 Å². The molecule has 1 heterocycles. The van der Waals surface area contributed by atoms with Crippen LogP contribution in [-0.2, 0) is 0 Å². The van der Waals surface area contributed by atoms with Gasteiger partial charge < -0.3 is 4.74 Å². The average molecular weight is 301 g/mol. The van der Waals surface area contributed by atoms with Gasteiger partial charge in [-0.1, -0.05) is 6.42 Å². The number of Topliss-reactive ketones (excluding diaryl/α,β-unsaturated/α-hetero) is 1. The maximum atomic E-state index is 12.8. The number of alkyl halides is 3. The number of aromatic nitrogens is 1. The summed E-state index contributed by atoms with van der Waals surface area (Å²) in [5, 5.41) is 0. The fourth-order valence-electron chi connectivity index (χ4n) is 2.76. The molecule has 2 unspecified atom stereocenters. The predicted molar refractivity (Wildman–Crippen MR) is 71.2 cm³/mol. The van der Waals surface area contributed by atoms with E-state index in [1.807, 2.05) is 6.92 Å². The maximum absolute atomic E-state index is 12.8. The summed E-state index contributed by atoms with van der Waals surface area (Å²) in [5.74, 6) is -1.75. The molecule has 1 aliphatic carbocycles. The van der Waals surface area contributed by atoms with Crippen LogP contribution in [0.1, 0.15) is 43.0 Å². The Morgan fingerprint density at radius 3 is 2.81 bits per heavy atom. The van der Waals surface area contributed by atoms with Crippen LogP contribution in [0.2, 0.25) is 0 Å². The van der Waals surface area contributed by atoms with Crippen LogP contribution in [0.15, 0.2) is 18.5 Å². The van der Waals surface area contributed by atoms with Crippen molar-refractivity contribution in [1.29, 1.82) is 0 Å². The summed E-state index contributed by atoms with van der Waals surface area (Å²) in [6.45, 7) is 2.25. The molecular weight excluding hydrogens is 283 g/mol. The lowest BCUT2D eigenvalue weighted by Gasteiger charge is -2.29. The largest absolute Gasteiger partial charge is 0.492 e. The van der Waals surface area contributed by atoms with Crippen LogP contribution < -0.4 is 4.74 Å². The summed E-state index contributed by atoms with van der Waals surface area (Å²) in [4.78, 5) is 16.3. The predicted octanol–water partition coefficient (Wildman–Crippen LogP) is 4.03. The van der Waals surface area contributed by atoms with Crippen LogP contribution in [0.3, 0.4) is 0 Å². The summed E-state index contributed by atoms with van der Waals surface area (Å²) in [5.41, 5.74) is 0.328. The number of rotatable bonds is 4. The van der Waals surface area contributed by atoms with Crippen LogP contribution in [0, 0.1) is 11.8 Å². The Morgan fingerprint density at radius 1 is 1.38 bits per heavy atom. The van der Waals surface area contributed by atoms with E-state index in [0.717, 1.165) is 0 Å². The van der Waals surface area contributed by atoms with E-state index in [2.05, 4.69) is 4.98 Å². The Balaban J connectivity index is 2.10. The van der Waals surface area contributed by atoms with Crippen molar-refractivity contribution in [3.05, 3.63) is 24.0 Å². The molecule has 1 aliphatic rings. The van der Waals surface area contributed by atoms with Crippen molar-refractivity contribution in [3.63, 3.8) is 0 Å². The van der Waals surface area contributed by atoms with Crippen molar-refractivity contribution in [2.24, 2.45) is 11.8 Å². The monoisotopic (exact) mass is 301 g/mol. The Hall–Kier alpha value is -1.59. The molecule has 0 aliphatic heterocycles. The van der Waals surface area contributed by atoms with E-state index in [1.54, 1.807) is 6.07 Å². The second kappa shape index (κ2) is 6.45. The van der Waals surface area contributed by atoms with Crippen molar-refractivity contribution in [1.82, 2.24) is 4.98 Å². The lowest BCUT2D eigenvalue weighted by molar-refractivity contribution is -0.184. The minimum atomic E-state index is -4.22. The van der Waals surface area contributed by atoms with Gasteiger partial charge in [0.1, 0.15) is 5.75 Å². The van der Waals surface area contributed by atoms with Crippen molar-refractivity contribution < 1.29 is 22.7 Å². The zero-order valence-corrected chi connectivity index (χ0v) is 11.8. The third kappa shape index (κ3) is 3.95. The quantitative estimate of drug-likeness (QED) is 0.788. The molecule has 3 nitrogen and oxygen atoms in total. The van der Waals surface area contributed by atoms with Crippen molar-refractivity contribution in [2.75, 3.05) is 6.61 Å². The zero-order chi connectivity index (χ0) is 15.5. The van der Waals surface area contributed by atoms with Crippen molar-refractivity contribution in [3.8, 4) is 5.75 Å². The molecule has 0 spiro atoms. The number of pyridine rings is 1. The van der Waals surface area contributed by atoms with Gasteiger partial charge in [0.05, 0.1) is 18.7 Å². The first kappa shape index (κ1) is 15.8. The number of ketones is 1. The number of ether oxygens (including phenoxy) is 1. The number of carbonyl (C=O) groups is 1. The molecule has 2 atom stereocenters. The lowest BCUT2D eigenvalue weighted by Crippen LogP contribution is -2.31. The SMILES string of the molecule is CCOc1cncc(C(=O)C2CCCC(C(F)(F)F)C2)c1. The molecule has 0 bridgehead atoms. The molecule has 21 heavy (non-hydrogen) atoms. The molecule has 0 radical (unpaired) electrons. The van der Waals surface area contributed by atoms with Gasteiger partial charge in [-0.25, -0.2) is 0 Å². The molecule has 2 rings (SSSR count). The third-order valence-electron chi connectivity index (χ3n) is 3.82. The third-order valence-corrected chi connectivity index (χ3v) is 3.82. The first-order valence-electron chi connectivity index (χ1n) is 7.10. The Labute approximate surface area is 121 Å². The smallest absolute Gasteiger partial charge is 0.391 e. The van der Waals surface area contributed by atoms with Crippen molar-refractivity contribution in [2.45, 2.75) is 38.8 Å². The van der Waals surface area contributed by atoms with Gasteiger partial charge >= 0.3 is 6.18 Å². The normalized spacial score (nSPS) is 22.9. The standard InChI is InChI=1S/C15H18F3NO2/c1-2-21-13-7-11(8-19-9-13)14(20)10-4-3-5-12(6-10)15(16,17)18/h7-10,12H,2-6H2,1H3. The number of nitrogens with zero attached hydrogens (tertiary/aromatic N) is 1. The molecule has 1 fully saturated rings. The summed E-state index contributed by atoms with van der Waals surface area (Å²) in [6.07, 6.45) is -0.415. The second-order valence-corrected chi connectivity index (χ2v) is 5.31. The molecule has 1 aromatic rings. The lowest BCUT2D eigenvalue weighted by atomic mass is 9.78. The minimum absolute atomic E-state index is 0.116. The molecule has 116 valence electrons. The number of hydrogen-bond donors (Lipinski definition) is 0. The van der Waals surface area contributed by atoms with E-state index in [0.29, 0.717) is 30.8 Å². The van der Waals surface area contributed by atoms with Gasteiger partial charge in [-0.15, -0.1) is 0 Å². The fraction of sp³-hybridized carbons (Fsp3) is 0.600. The van der Waals surface area contributed by atoms with Gasteiger partial charge in [0.25, 0.3) is 0 Å². The van der Waals surface area contributed by atoms with Crippen LogP contribution in [-0.4, -0.2) is 23.6 Å². The van der Waals surface area contributed by atoms with Gasteiger partial charge in [-0.3, -0.25) is 9.78 Å². The summed E-state index contributed by atoms with van der Waals surface area (Å²) >= 11 is 0. The van der Waals surface area contributed by atoms with Gasteiger partial charge in [-0.05, 0) is 32.3 Å². The van der Waals surface area contributed by atoms with Crippen LogP contribution in [0.4, 0.5) is 13.2 Å². The molecule has 1 aromatic heterocycles. The summed E-state index contributed by atoms with van der Waals surface area (Å²) < 4.78 is 43.7. The van der Waals surface area contributed by atoms with E-state index in [9.17, 15) is 18.0 Å². The van der Waals surface area contributed by atoms with E-state index >= 15 is 0 Å². The fourth-order valence-corrected chi connectivity index (χ4v) is 2.76. The van der Waals surface area contributed by atoms with E-state index in [4.69, 9.17) is 4.74 Å². The molecule has 0 N–H and O–H groups in total.